The molecule has 0 unspecified atom stereocenters. The molecule has 0 radical (unpaired) electrons. The third kappa shape index (κ3) is 6.65. The first-order valence-corrected chi connectivity index (χ1v) is 17.4. The summed E-state index contributed by atoms with van der Waals surface area (Å²) < 4.78 is 35.8. The van der Waals surface area contributed by atoms with E-state index in [2.05, 4.69) is 9.62 Å². The zero-order chi connectivity index (χ0) is 33.8. The van der Waals surface area contributed by atoms with Crippen molar-refractivity contribution >= 4 is 61.6 Å². The van der Waals surface area contributed by atoms with Gasteiger partial charge in [0.25, 0.3) is 15.6 Å². The zero-order valence-electron chi connectivity index (χ0n) is 26.1. The fourth-order valence-corrected chi connectivity index (χ4v) is 7.09. The van der Waals surface area contributed by atoms with Crippen molar-refractivity contribution in [1.29, 1.82) is 0 Å². The number of benzene rings is 4. The molecule has 0 amide bonds. The largest absolute Gasteiger partial charge is 0.494 e. The third-order valence-corrected chi connectivity index (χ3v) is 9.84. The van der Waals surface area contributed by atoms with E-state index in [4.69, 9.17) is 21.3 Å². The second kappa shape index (κ2) is 13.9. The molecule has 12 heteroatoms. The topological polar surface area (TPSA) is 130 Å². The minimum Gasteiger partial charge on any atom is -0.494 e. The molecule has 0 bridgehead atoms. The van der Waals surface area contributed by atoms with Crippen LogP contribution >= 0.6 is 11.6 Å². The Bertz CT molecular complexity index is 2190. The molecule has 48 heavy (non-hydrogen) atoms. The molecule has 1 fully saturated rings. The number of piperidine rings is 1. The number of nitrogens with one attached hydrogen (secondary N) is 1. The van der Waals surface area contributed by atoms with E-state index in [9.17, 15) is 23.1 Å². The fourth-order valence-electron chi connectivity index (χ4n) is 5.75. The van der Waals surface area contributed by atoms with Gasteiger partial charge in [-0.3, -0.25) is 14.5 Å². The molecule has 1 saturated heterocycles. The van der Waals surface area contributed by atoms with Crippen LogP contribution in [-0.4, -0.2) is 50.0 Å². The van der Waals surface area contributed by atoms with Crippen molar-refractivity contribution in [2.45, 2.75) is 31.1 Å². The van der Waals surface area contributed by atoms with Crippen LogP contribution in [0.2, 0.25) is 5.02 Å². The van der Waals surface area contributed by atoms with Crippen LogP contribution in [0.25, 0.3) is 16.5 Å². The van der Waals surface area contributed by atoms with Gasteiger partial charge in [0, 0.05) is 30.1 Å². The second-order valence-corrected chi connectivity index (χ2v) is 13.3. The van der Waals surface area contributed by atoms with Crippen LogP contribution in [0.1, 0.15) is 42.1 Å². The third-order valence-electron chi connectivity index (χ3n) is 8.14. The maximum absolute atomic E-state index is 13.7. The first-order chi connectivity index (χ1) is 23.2. The van der Waals surface area contributed by atoms with E-state index < -0.39 is 21.6 Å². The Morgan fingerprint density at radius 2 is 1.65 bits per heavy atom. The Hall–Kier alpha value is -5.13. The van der Waals surface area contributed by atoms with E-state index >= 15 is 0 Å². The predicted molar refractivity (Wildman–Crippen MR) is 189 cm³/mol. The van der Waals surface area contributed by atoms with Gasteiger partial charge < -0.3 is 14.7 Å². The molecule has 0 saturated carbocycles. The number of aliphatic imine (C=N–C) groups is 1. The van der Waals surface area contributed by atoms with Gasteiger partial charge in [0.1, 0.15) is 0 Å². The number of ether oxygens (including phenoxy) is 1. The molecule has 1 aliphatic heterocycles. The molecule has 2 heterocycles. The number of carbonyl (C=O) groups is 1. The number of nitrogens with zero attached hydrogens (tertiary/aromatic N) is 3. The summed E-state index contributed by atoms with van der Waals surface area (Å²) in [6, 6.07) is 24.3. The van der Waals surface area contributed by atoms with E-state index in [1.807, 2.05) is 0 Å². The van der Waals surface area contributed by atoms with E-state index in [0.717, 1.165) is 42.6 Å². The van der Waals surface area contributed by atoms with Gasteiger partial charge in [-0.15, -0.1) is 0 Å². The highest BCUT2D eigenvalue weighted by Crippen LogP contribution is 2.35. The lowest BCUT2D eigenvalue weighted by Crippen LogP contribution is -2.29. The molecule has 0 aliphatic carbocycles. The van der Waals surface area contributed by atoms with Crippen LogP contribution < -0.4 is 15.2 Å². The number of esters is 1. The molecular weight excluding hydrogens is 652 g/mol. The average molecular weight is 685 g/mol. The average Bonchev–Trinajstić information content (AvgIpc) is 3.10. The lowest BCUT2D eigenvalue weighted by molar-refractivity contribution is 0.0526. The van der Waals surface area contributed by atoms with E-state index in [0.29, 0.717) is 27.7 Å². The first kappa shape index (κ1) is 32.8. The summed E-state index contributed by atoms with van der Waals surface area (Å²) in [5, 5.41) is 12.7. The quantitative estimate of drug-likeness (QED) is 0.125. The van der Waals surface area contributed by atoms with Crippen LogP contribution in [0.4, 0.5) is 17.1 Å². The minimum atomic E-state index is -4.05. The van der Waals surface area contributed by atoms with Crippen LogP contribution in [0.5, 0.6) is 5.88 Å². The van der Waals surface area contributed by atoms with Crippen molar-refractivity contribution in [1.82, 2.24) is 4.57 Å². The number of anilines is 2. The number of carbonyl (C=O) groups excluding carboxylic acids is 1. The smallest absolute Gasteiger partial charge is 0.338 e. The molecule has 246 valence electrons. The Morgan fingerprint density at radius 3 is 2.35 bits per heavy atom. The monoisotopic (exact) mass is 684 g/mol. The summed E-state index contributed by atoms with van der Waals surface area (Å²) >= 11 is 6.23. The number of para-hydroxylation sites is 1. The van der Waals surface area contributed by atoms with E-state index in [1.54, 1.807) is 73.7 Å². The molecule has 4 aromatic carbocycles. The number of hydrogen-bond acceptors (Lipinski definition) is 8. The van der Waals surface area contributed by atoms with Gasteiger partial charge in [-0.2, -0.15) is 0 Å². The van der Waals surface area contributed by atoms with Crippen molar-refractivity contribution in [2.75, 3.05) is 29.3 Å². The summed E-state index contributed by atoms with van der Waals surface area (Å²) in [5.74, 6) is -0.863. The number of fused-ring (bicyclic) bond motifs is 1. The molecule has 0 atom stereocenters. The van der Waals surface area contributed by atoms with Crippen molar-refractivity contribution in [3.8, 4) is 11.6 Å². The zero-order valence-corrected chi connectivity index (χ0v) is 27.7. The standard InChI is InChI=1S/C36H33ClN4O6S/c1-2-47-36(44)24-14-16-25(17-15-24)41-34(42)28-11-5-4-10-27(28)29(35(41)43)23-38-32-22-26(18-19-33(32)40-20-8-3-9-21-40)48(45,46)39-31-13-7-6-12-30(31)37/h4-7,10-19,22-23,39,43H,2-3,8-9,20-21H2,1H3. The van der Waals surface area contributed by atoms with E-state index in [1.165, 1.54) is 30.5 Å². The molecule has 0 spiro atoms. The van der Waals surface area contributed by atoms with Crippen molar-refractivity contribution < 1.29 is 23.1 Å². The molecule has 5 aromatic rings. The lowest BCUT2D eigenvalue weighted by Gasteiger charge is -2.30. The first-order valence-electron chi connectivity index (χ1n) is 15.5. The molecule has 1 aromatic heterocycles. The number of aromatic nitrogens is 1. The van der Waals surface area contributed by atoms with Crippen LogP contribution in [0, 0.1) is 0 Å². The van der Waals surface area contributed by atoms with Gasteiger partial charge in [-0.1, -0.05) is 41.9 Å². The number of hydrogen-bond donors (Lipinski definition) is 2. The number of pyridine rings is 1. The summed E-state index contributed by atoms with van der Waals surface area (Å²) in [6.07, 6.45) is 4.53. The molecular formula is C36H33ClN4O6S. The van der Waals surface area contributed by atoms with Gasteiger partial charge in [0.05, 0.1) is 50.4 Å². The number of sulfonamides is 1. The Kier molecular flexibility index (Phi) is 9.51. The van der Waals surface area contributed by atoms with Crippen molar-refractivity contribution in [2.24, 2.45) is 4.99 Å². The number of rotatable bonds is 9. The molecule has 2 N–H and O–H groups in total. The van der Waals surface area contributed by atoms with Gasteiger partial charge in [-0.25, -0.2) is 17.8 Å². The van der Waals surface area contributed by atoms with Crippen LogP contribution in [-0.2, 0) is 14.8 Å². The highest BCUT2D eigenvalue weighted by Gasteiger charge is 2.22. The second-order valence-electron chi connectivity index (χ2n) is 11.2. The molecule has 1 aliphatic rings. The lowest BCUT2D eigenvalue weighted by atomic mass is 10.1. The van der Waals surface area contributed by atoms with Gasteiger partial charge in [0.15, 0.2) is 0 Å². The Balaban J connectivity index is 1.46. The number of aromatic hydroxyl groups is 1. The SMILES string of the molecule is CCOC(=O)c1ccc(-n2c(O)c(C=Nc3cc(S(=O)(=O)Nc4ccccc4Cl)ccc3N3CCCCC3)c3ccccc3c2=O)cc1. The highest BCUT2D eigenvalue weighted by molar-refractivity contribution is 7.92. The van der Waals surface area contributed by atoms with Gasteiger partial charge in [0.2, 0.25) is 5.88 Å². The summed E-state index contributed by atoms with van der Waals surface area (Å²) in [5.41, 5.74) is 1.80. The van der Waals surface area contributed by atoms with Gasteiger partial charge >= 0.3 is 5.97 Å². The Morgan fingerprint density at radius 1 is 0.958 bits per heavy atom. The summed E-state index contributed by atoms with van der Waals surface area (Å²) in [7, 11) is -4.05. The predicted octanol–water partition coefficient (Wildman–Crippen LogP) is 7.07. The number of halogens is 1. The Labute approximate surface area is 282 Å². The molecule has 6 rings (SSSR count). The van der Waals surface area contributed by atoms with Crippen molar-refractivity contribution in [3.63, 3.8) is 0 Å². The van der Waals surface area contributed by atoms with Gasteiger partial charge in [-0.05, 0) is 86.8 Å². The fraction of sp³-hybridized carbons (Fsp3) is 0.194. The highest BCUT2D eigenvalue weighted by atomic mass is 35.5. The van der Waals surface area contributed by atoms with Crippen LogP contribution in [0.15, 0.2) is 106 Å². The maximum atomic E-state index is 13.7. The van der Waals surface area contributed by atoms with E-state index in [-0.39, 0.29) is 33.7 Å². The molecule has 10 nitrogen and oxygen atoms in total. The summed E-state index contributed by atoms with van der Waals surface area (Å²) in [4.78, 5) is 32.8. The maximum Gasteiger partial charge on any atom is 0.338 e. The summed E-state index contributed by atoms with van der Waals surface area (Å²) in [6.45, 7) is 3.51. The normalized spacial score (nSPS) is 13.6. The van der Waals surface area contributed by atoms with Crippen LogP contribution in [0.3, 0.4) is 0 Å². The van der Waals surface area contributed by atoms with Crippen molar-refractivity contribution in [3.05, 3.63) is 117 Å². The minimum absolute atomic E-state index is 0.0175.